The molecule has 3 aromatic carbocycles. The van der Waals surface area contributed by atoms with Gasteiger partial charge in [-0.25, -0.2) is 0 Å². The molecule has 47 heavy (non-hydrogen) atoms. The van der Waals surface area contributed by atoms with Crippen LogP contribution >= 0.6 is 7.92 Å². The number of hydrogen-bond donors (Lipinski definition) is 0. The molecule has 0 aromatic heterocycles. The van der Waals surface area contributed by atoms with Gasteiger partial charge in [-0.3, -0.25) is 4.79 Å². The zero-order valence-electron chi connectivity index (χ0n) is 31.6. The molecule has 1 atom stereocenters. The summed E-state index contributed by atoms with van der Waals surface area (Å²) in [5.74, 6) is 2.56. The summed E-state index contributed by atoms with van der Waals surface area (Å²) >= 11 is 0. The quantitative estimate of drug-likeness (QED) is 0.149. The van der Waals surface area contributed by atoms with Gasteiger partial charge in [-0.1, -0.05) is 132 Å². The summed E-state index contributed by atoms with van der Waals surface area (Å²) in [6, 6.07) is 21.8. The third-order valence-electron chi connectivity index (χ3n) is 11.8. The first kappa shape index (κ1) is 37.6. The highest BCUT2D eigenvalue weighted by Gasteiger charge is 2.40. The largest absolute Gasteiger partial charge is 0.300 e. The van der Waals surface area contributed by atoms with Crippen molar-refractivity contribution < 1.29 is 4.79 Å². The van der Waals surface area contributed by atoms with Gasteiger partial charge in [0.15, 0.2) is 0 Å². The summed E-state index contributed by atoms with van der Waals surface area (Å²) < 4.78 is 0. The number of Topliss-reactive ketones (excluding diaryl/α,β-unsaturated/α-hetero) is 1. The predicted molar refractivity (Wildman–Crippen MR) is 210 cm³/mol. The normalized spacial score (nSPS) is 16.6. The molecule has 256 valence electrons. The van der Waals surface area contributed by atoms with Crippen LogP contribution in [-0.2, 0) is 4.79 Å². The van der Waals surface area contributed by atoms with Gasteiger partial charge < -0.3 is 0 Å². The van der Waals surface area contributed by atoms with E-state index >= 15 is 0 Å². The number of hydrogen-bond acceptors (Lipinski definition) is 1. The monoisotopic (exact) mass is 652 g/mol. The van der Waals surface area contributed by atoms with Crippen LogP contribution in [0.4, 0.5) is 0 Å². The van der Waals surface area contributed by atoms with Crippen molar-refractivity contribution in [2.24, 2.45) is 0 Å². The summed E-state index contributed by atoms with van der Waals surface area (Å²) in [5, 5.41) is 1.53. The third-order valence-corrected chi connectivity index (χ3v) is 15.1. The number of ketones is 1. The van der Waals surface area contributed by atoms with Gasteiger partial charge in [-0.05, 0) is 136 Å². The molecule has 1 heterocycles. The molecule has 3 aromatic rings. The van der Waals surface area contributed by atoms with Crippen LogP contribution in [0, 0.1) is 0 Å². The van der Waals surface area contributed by atoms with Crippen LogP contribution in [0.25, 0.3) is 22.3 Å². The van der Waals surface area contributed by atoms with E-state index in [0.717, 1.165) is 57.5 Å². The first-order valence-corrected chi connectivity index (χ1v) is 20.9. The maximum absolute atomic E-state index is 13.1. The summed E-state index contributed by atoms with van der Waals surface area (Å²) in [5.41, 5.74) is 12.1. The number of carbonyl (C=O) groups is 1. The Balaban J connectivity index is 2.25. The average Bonchev–Trinajstić information content (AvgIpc) is 3.07. The molecule has 4 rings (SSSR count). The van der Waals surface area contributed by atoms with Crippen molar-refractivity contribution in [1.29, 1.82) is 0 Å². The zero-order valence-corrected chi connectivity index (χ0v) is 32.5. The Labute approximate surface area is 290 Å². The lowest BCUT2D eigenvalue weighted by Gasteiger charge is -2.41. The second-order valence-corrected chi connectivity index (χ2v) is 17.8. The fourth-order valence-electron chi connectivity index (χ4n) is 8.93. The van der Waals surface area contributed by atoms with Gasteiger partial charge in [0.25, 0.3) is 0 Å². The fraction of sp³-hybridized carbons (Fsp3) is 0.578. The van der Waals surface area contributed by atoms with Crippen LogP contribution in [0.2, 0.25) is 0 Å². The van der Waals surface area contributed by atoms with Crippen molar-refractivity contribution >= 4 is 19.0 Å². The standard InChI is InChI=1S/C45H65OP/c1-11-31(12-2)36-22-19-23-37(32(13-3)14-4)42(36)40-26-21-27-41(44(40)47-29-28-35(46)30-45(47,9)10)43-38(33(15-5)16-6)24-20-25-39(43)34(17-7)18-8/h19-27,31-34H,11-18,28-30H2,1-10H3. The van der Waals surface area contributed by atoms with Crippen LogP contribution in [0.1, 0.15) is 179 Å². The Morgan fingerprint density at radius 3 is 1.17 bits per heavy atom. The first-order valence-electron chi connectivity index (χ1n) is 19.3. The number of benzene rings is 3. The van der Waals surface area contributed by atoms with Crippen LogP contribution in [0.5, 0.6) is 0 Å². The van der Waals surface area contributed by atoms with Crippen LogP contribution in [0.15, 0.2) is 54.6 Å². The summed E-state index contributed by atoms with van der Waals surface area (Å²) in [7, 11) is -0.607. The highest BCUT2D eigenvalue weighted by atomic mass is 31.1. The lowest BCUT2D eigenvalue weighted by Crippen LogP contribution is -2.34. The smallest absolute Gasteiger partial charge is 0.134 e. The van der Waals surface area contributed by atoms with E-state index in [1.54, 1.807) is 5.30 Å². The molecule has 2 heteroatoms. The van der Waals surface area contributed by atoms with Gasteiger partial charge in [-0.2, -0.15) is 0 Å². The summed E-state index contributed by atoms with van der Waals surface area (Å²) in [4.78, 5) is 13.1. The van der Waals surface area contributed by atoms with Gasteiger partial charge in [0.05, 0.1) is 0 Å². The van der Waals surface area contributed by atoms with Crippen molar-refractivity contribution in [3.05, 3.63) is 76.9 Å². The van der Waals surface area contributed by atoms with E-state index in [4.69, 9.17) is 0 Å². The SMILES string of the molecule is CCC(CC)c1cccc(C(CC)CC)c1-c1cccc(-c2c(C(CC)CC)cccc2C(CC)CC)c1P1CCC(=O)CC1(C)C. The first-order chi connectivity index (χ1) is 22.6. The molecule has 0 spiro atoms. The van der Waals surface area contributed by atoms with Crippen molar-refractivity contribution in [3.8, 4) is 22.3 Å². The van der Waals surface area contributed by atoms with Crippen molar-refractivity contribution in [2.75, 3.05) is 6.16 Å². The van der Waals surface area contributed by atoms with Crippen molar-refractivity contribution in [2.45, 2.75) is 162 Å². The maximum Gasteiger partial charge on any atom is 0.134 e. The molecule has 1 aliphatic heterocycles. The molecular formula is C45H65OP. The molecule has 1 nitrogen and oxygen atoms in total. The van der Waals surface area contributed by atoms with Gasteiger partial charge in [0, 0.05) is 12.8 Å². The number of rotatable bonds is 15. The van der Waals surface area contributed by atoms with E-state index in [-0.39, 0.29) is 5.16 Å². The Morgan fingerprint density at radius 2 is 0.872 bits per heavy atom. The Hall–Kier alpha value is -2.24. The van der Waals surface area contributed by atoms with Crippen LogP contribution < -0.4 is 5.30 Å². The molecule has 0 radical (unpaired) electrons. The third kappa shape index (κ3) is 7.67. The topological polar surface area (TPSA) is 17.1 Å². The summed E-state index contributed by atoms with van der Waals surface area (Å²) in [6.45, 7) is 23.7. The minimum absolute atomic E-state index is 0.0482. The van der Waals surface area contributed by atoms with Gasteiger partial charge >= 0.3 is 0 Å². The zero-order chi connectivity index (χ0) is 34.3. The minimum Gasteiger partial charge on any atom is -0.300 e. The van der Waals surface area contributed by atoms with E-state index in [9.17, 15) is 4.79 Å². The second-order valence-electron chi connectivity index (χ2n) is 14.8. The van der Waals surface area contributed by atoms with E-state index in [1.807, 2.05) is 0 Å². The minimum atomic E-state index is -0.607. The Kier molecular flexibility index (Phi) is 13.5. The van der Waals surface area contributed by atoms with Crippen molar-refractivity contribution in [3.63, 3.8) is 0 Å². The fourth-order valence-corrected chi connectivity index (χ4v) is 12.2. The van der Waals surface area contributed by atoms with Crippen LogP contribution in [-0.4, -0.2) is 17.1 Å². The molecule has 1 saturated heterocycles. The Morgan fingerprint density at radius 1 is 0.553 bits per heavy atom. The maximum atomic E-state index is 13.1. The van der Waals surface area contributed by atoms with Gasteiger partial charge in [0.2, 0.25) is 0 Å². The molecule has 0 N–H and O–H groups in total. The summed E-state index contributed by atoms with van der Waals surface area (Å²) in [6.07, 6.45) is 11.6. The highest BCUT2D eigenvalue weighted by Crippen LogP contribution is 2.58. The van der Waals surface area contributed by atoms with Crippen molar-refractivity contribution in [1.82, 2.24) is 0 Å². The molecular weight excluding hydrogens is 587 g/mol. The molecule has 0 bridgehead atoms. The average molecular weight is 653 g/mol. The Bertz CT molecular complexity index is 1320. The molecule has 1 fully saturated rings. The van der Waals surface area contributed by atoms with Gasteiger partial charge in [-0.15, -0.1) is 0 Å². The van der Waals surface area contributed by atoms with E-state index < -0.39 is 7.92 Å². The molecule has 0 aliphatic carbocycles. The van der Waals surface area contributed by atoms with E-state index in [2.05, 4.69) is 124 Å². The van der Waals surface area contributed by atoms with E-state index in [1.165, 1.54) is 44.5 Å². The second kappa shape index (κ2) is 16.9. The molecule has 0 amide bonds. The predicted octanol–water partition coefficient (Wildman–Crippen LogP) is 13.9. The lowest BCUT2D eigenvalue weighted by atomic mass is 9.77. The number of carbonyl (C=O) groups excluding carboxylic acids is 1. The lowest BCUT2D eigenvalue weighted by molar-refractivity contribution is -0.119. The van der Waals surface area contributed by atoms with Crippen LogP contribution in [0.3, 0.4) is 0 Å². The molecule has 1 aliphatic rings. The molecule has 0 saturated carbocycles. The molecule has 1 unspecified atom stereocenters. The van der Waals surface area contributed by atoms with Gasteiger partial charge in [0.1, 0.15) is 5.78 Å². The highest BCUT2D eigenvalue weighted by molar-refractivity contribution is 7.68. The van der Waals surface area contributed by atoms with E-state index in [0.29, 0.717) is 42.3 Å².